The maximum absolute atomic E-state index is 12.2. The van der Waals surface area contributed by atoms with E-state index in [1.807, 2.05) is 24.3 Å². The Balaban J connectivity index is 1.33. The van der Waals surface area contributed by atoms with Gasteiger partial charge in [0, 0.05) is 18.9 Å². The Hall–Kier alpha value is -3.88. The van der Waals surface area contributed by atoms with E-state index in [0.29, 0.717) is 25.8 Å². The molecule has 0 spiro atoms. The Bertz CT molecular complexity index is 1020. The van der Waals surface area contributed by atoms with Gasteiger partial charge in [-0.3, -0.25) is 9.59 Å². The maximum atomic E-state index is 12.2. The molecule has 0 aliphatic heterocycles. The molecule has 2 aromatic carbocycles. The number of carboxylic acid groups (broad SMARTS) is 1. The third-order valence-electron chi connectivity index (χ3n) is 5.93. The number of fused-ring (bicyclic) bond motifs is 3. The topological polar surface area (TPSA) is 131 Å². The number of aliphatic carboxylic acids is 1. The van der Waals surface area contributed by atoms with Crippen LogP contribution in [0, 0.1) is 0 Å². The Morgan fingerprint density at radius 3 is 2.17 bits per heavy atom. The molecule has 186 valence electrons. The van der Waals surface area contributed by atoms with Crippen molar-refractivity contribution in [2.24, 2.45) is 0 Å². The summed E-state index contributed by atoms with van der Waals surface area (Å²) >= 11 is 0. The van der Waals surface area contributed by atoms with Crippen LogP contribution in [0.15, 0.2) is 48.5 Å². The van der Waals surface area contributed by atoms with Crippen LogP contribution in [-0.4, -0.2) is 55.3 Å². The van der Waals surface area contributed by atoms with Gasteiger partial charge in [0.05, 0.1) is 13.5 Å². The first-order chi connectivity index (χ1) is 16.9. The van der Waals surface area contributed by atoms with Crippen LogP contribution in [-0.2, 0) is 23.9 Å². The molecule has 35 heavy (non-hydrogen) atoms. The summed E-state index contributed by atoms with van der Waals surface area (Å²) in [5.41, 5.74) is 4.63. The van der Waals surface area contributed by atoms with E-state index >= 15 is 0 Å². The van der Waals surface area contributed by atoms with Crippen molar-refractivity contribution in [2.45, 2.75) is 44.1 Å². The van der Waals surface area contributed by atoms with E-state index in [0.717, 1.165) is 18.2 Å². The van der Waals surface area contributed by atoms with Crippen molar-refractivity contribution in [3.8, 4) is 11.1 Å². The van der Waals surface area contributed by atoms with Crippen LogP contribution in [0.2, 0.25) is 0 Å². The van der Waals surface area contributed by atoms with Crippen LogP contribution in [0.3, 0.4) is 0 Å². The van der Waals surface area contributed by atoms with Crippen molar-refractivity contribution in [2.75, 3.05) is 20.3 Å². The fourth-order valence-electron chi connectivity index (χ4n) is 4.14. The molecule has 0 heterocycles. The number of rotatable bonds is 12. The van der Waals surface area contributed by atoms with Crippen LogP contribution in [0.25, 0.3) is 11.1 Å². The second-order valence-corrected chi connectivity index (χ2v) is 8.30. The number of carbonyl (C=O) groups is 4. The van der Waals surface area contributed by atoms with Crippen LogP contribution < -0.4 is 10.6 Å². The molecule has 2 aromatic rings. The summed E-state index contributed by atoms with van der Waals surface area (Å²) in [5, 5.41) is 14.1. The molecule has 0 aromatic heterocycles. The number of unbranched alkanes of at least 4 members (excludes halogenated alkanes) is 2. The van der Waals surface area contributed by atoms with Crippen LogP contribution in [0.5, 0.6) is 0 Å². The zero-order valence-corrected chi connectivity index (χ0v) is 19.6. The zero-order valence-electron chi connectivity index (χ0n) is 19.6. The Labute approximate surface area is 203 Å². The van der Waals surface area contributed by atoms with Crippen molar-refractivity contribution in [1.29, 1.82) is 0 Å². The molecule has 0 saturated carbocycles. The second-order valence-electron chi connectivity index (χ2n) is 8.30. The number of esters is 1. The number of benzene rings is 2. The number of hydrogen-bond acceptors (Lipinski definition) is 6. The molecule has 1 atom stereocenters. The molecule has 1 aliphatic rings. The first-order valence-electron chi connectivity index (χ1n) is 11.6. The summed E-state index contributed by atoms with van der Waals surface area (Å²) in [6.07, 6.45) is 1.02. The summed E-state index contributed by atoms with van der Waals surface area (Å²) in [7, 11) is 1.15. The summed E-state index contributed by atoms with van der Waals surface area (Å²) in [5.74, 6) is -2.46. The highest BCUT2D eigenvalue weighted by Gasteiger charge is 2.29. The highest BCUT2D eigenvalue weighted by atomic mass is 16.5. The van der Waals surface area contributed by atoms with E-state index in [4.69, 9.17) is 9.84 Å². The van der Waals surface area contributed by atoms with E-state index in [9.17, 15) is 19.2 Å². The van der Waals surface area contributed by atoms with E-state index < -0.39 is 36.4 Å². The SMILES string of the molecule is COC(=O)C[C@H](NC(=O)CCCCCNC(=O)OCC1c2ccccc2-c2ccccc21)C(=O)O. The van der Waals surface area contributed by atoms with Crippen molar-refractivity contribution >= 4 is 23.9 Å². The molecule has 9 nitrogen and oxygen atoms in total. The van der Waals surface area contributed by atoms with E-state index in [1.165, 1.54) is 11.1 Å². The smallest absolute Gasteiger partial charge is 0.407 e. The highest BCUT2D eigenvalue weighted by Crippen LogP contribution is 2.44. The largest absolute Gasteiger partial charge is 0.480 e. The number of ether oxygens (including phenoxy) is 2. The highest BCUT2D eigenvalue weighted by molar-refractivity contribution is 5.87. The standard InChI is InChI=1S/C26H30N2O7/c1-34-24(30)15-22(25(31)32)28-23(29)13-3-2-8-14-27-26(33)35-16-21-19-11-6-4-9-17(19)18-10-5-7-12-20(18)21/h4-7,9-12,21-22H,2-3,8,13-16H2,1H3,(H,27,33)(H,28,29)(H,31,32)/t22-/m0/s1. The summed E-state index contributed by atoms with van der Waals surface area (Å²) in [6.45, 7) is 0.648. The maximum Gasteiger partial charge on any atom is 0.407 e. The first-order valence-corrected chi connectivity index (χ1v) is 11.6. The second kappa shape index (κ2) is 12.5. The molecular formula is C26H30N2O7. The zero-order chi connectivity index (χ0) is 25.2. The van der Waals surface area contributed by atoms with Gasteiger partial charge in [0.1, 0.15) is 12.6 Å². The lowest BCUT2D eigenvalue weighted by atomic mass is 9.98. The molecule has 2 amide bonds. The number of amides is 2. The number of methoxy groups -OCH3 is 1. The molecule has 0 saturated heterocycles. The summed E-state index contributed by atoms with van der Waals surface area (Å²) < 4.78 is 9.92. The first kappa shape index (κ1) is 25.7. The molecule has 0 unspecified atom stereocenters. The molecule has 3 rings (SSSR count). The number of carboxylic acids is 1. The fourth-order valence-corrected chi connectivity index (χ4v) is 4.14. The van der Waals surface area contributed by atoms with Gasteiger partial charge in [-0.1, -0.05) is 55.0 Å². The number of nitrogens with one attached hydrogen (secondary N) is 2. The van der Waals surface area contributed by atoms with E-state index in [2.05, 4.69) is 39.6 Å². The van der Waals surface area contributed by atoms with Gasteiger partial charge in [-0.25, -0.2) is 9.59 Å². The molecule has 0 bridgehead atoms. The lowest BCUT2D eigenvalue weighted by molar-refractivity contribution is -0.148. The van der Waals surface area contributed by atoms with Crippen molar-refractivity contribution in [1.82, 2.24) is 10.6 Å². The minimum absolute atomic E-state index is 0.000438. The third-order valence-corrected chi connectivity index (χ3v) is 5.93. The van der Waals surface area contributed by atoms with Gasteiger partial charge >= 0.3 is 18.0 Å². The predicted molar refractivity (Wildman–Crippen MR) is 128 cm³/mol. The molecule has 9 heteroatoms. The number of alkyl carbamates (subject to hydrolysis) is 1. The van der Waals surface area contributed by atoms with Gasteiger partial charge in [0.25, 0.3) is 0 Å². The van der Waals surface area contributed by atoms with Crippen LogP contribution in [0.1, 0.15) is 49.1 Å². The third kappa shape index (κ3) is 7.05. The number of carbonyl (C=O) groups excluding carboxylic acids is 3. The summed E-state index contributed by atoms with van der Waals surface area (Å²) in [4.78, 5) is 46.5. The average Bonchev–Trinajstić information content (AvgIpc) is 3.18. The van der Waals surface area contributed by atoms with Crippen LogP contribution in [0.4, 0.5) is 4.79 Å². The predicted octanol–water partition coefficient (Wildman–Crippen LogP) is 3.22. The Kier molecular flexibility index (Phi) is 9.23. The van der Waals surface area contributed by atoms with E-state index in [1.54, 1.807) is 0 Å². The van der Waals surface area contributed by atoms with Gasteiger partial charge < -0.3 is 25.2 Å². The van der Waals surface area contributed by atoms with Crippen molar-refractivity contribution in [3.63, 3.8) is 0 Å². The molecule has 3 N–H and O–H groups in total. The Morgan fingerprint density at radius 1 is 0.943 bits per heavy atom. The average molecular weight is 483 g/mol. The normalized spacial score (nSPS) is 12.7. The van der Waals surface area contributed by atoms with Crippen molar-refractivity contribution < 1.29 is 33.8 Å². The monoisotopic (exact) mass is 482 g/mol. The minimum atomic E-state index is -1.31. The lowest BCUT2D eigenvalue weighted by Gasteiger charge is -2.14. The molecule has 1 aliphatic carbocycles. The van der Waals surface area contributed by atoms with Gasteiger partial charge in [0.15, 0.2) is 0 Å². The van der Waals surface area contributed by atoms with Crippen LogP contribution >= 0.6 is 0 Å². The van der Waals surface area contributed by atoms with E-state index in [-0.39, 0.29) is 18.9 Å². The van der Waals surface area contributed by atoms with Gasteiger partial charge in [-0.15, -0.1) is 0 Å². The molecular weight excluding hydrogens is 452 g/mol. The number of hydrogen-bond donors (Lipinski definition) is 3. The lowest BCUT2D eigenvalue weighted by Crippen LogP contribution is -2.42. The summed E-state index contributed by atoms with van der Waals surface area (Å²) in [6, 6.07) is 14.9. The van der Waals surface area contributed by atoms with Gasteiger partial charge in [-0.2, -0.15) is 0 Å². The Morgan fingerprint density at radius 2 is 1.57 bits per heavy atom. The minimum Gasteiger partial charge on any atom is -0.480 e. The fraction of sp³-hybridized carbons (Fsp3) is 0.385. The molecule has 0 fully saturated rings. The van der Waals surface area contributed by atoms with Gasteiger partial charge in [-0.05, 0) is 35.1 Å². The molecule has 0 radical (unpaired) electrons. The quantitative estimate of drug-likeness (QED) is 0.313. The van der Waals surface area contributed by atoms with Gasteiger partial charge in [0.2, 0.25) is 5.91 Å². The van der Waals surface area contributed by atoms with Crippen molar-refractivity contribution in [3.05, 3.63) is 59.7 Å².